The van der Waals surface area contributed by atoms with E-state index < -0.39 is 0 Å². The average molecular weight is 315 g/mol. The minimum absolute atomic E-state index is 0. The molecular weight excluding hydrogens is 280 g/mol. The average Bonchev–Trinajstić information content (AvgIpc) is 2.58. The summed E-state index contributed by atoms with van der Waals surface area (Å²) in [6, 6.07) is 8.67. The van der Waals surface area contributed by atoms with Crippen LogP contribution in [0.15, 0.2) is 36.4 Å². The van der Waals surface area contributed by atoms with E-state index >= 15 is 0 Å². The highest BCUT2D eigenvalue weighted by Crippen LogP contribution is 2.30. The van der Waals surface area contributed by atoms with Gasteiger partial charge in [-0.25, -0.2) is 0 Å². The van der Waals surface area contributed by atoms with Crippen LogP contribution in [0.1, 0.15) is 66.2 Å². The first-order valence-corrected chi connectivity index (χ1v) is 8.90. The lowest BCUT2D eigenvalue weighted by Gasteiger charge is -2.23. The summed E-state index contributed by atoms with van der Waals surface area (Å²) in [5, 5.41) is 2.57. The highest BCUT2D eigenvalue weighted by Gasteiger charge is 2.16. The Balaban J connectivity index is 0.00000264. The fourth-order valence-electron chi connectivity index (χ4n) is 3.28. The Kier molecular flexibility index (Phi) is 9.43. The first-order valence-electron chi connectivity index (χ1n) is 8.90. The Hall–Kier alpha value is -1.50. The van der Waals surface area contributed by atoms with Crippen molar-refractivity contribution in [3.05, 3.63) is 46.9 Å². The molecule has 2 rings (SSSR count). The number of benzene rings is 1. The quantitative estimate of drug-likeness (QED) is 0.657. The summed E-state index contributed by atoms with van der Waals surface area (Å²) in [7, 11) is 0. The van der Waals surface area contributed by atoms with E-state index in [1.165, 1.54) is 54.5 Å². The number of hydrogen-bond donors (Lipinski definition) is 0. The summed E-state index contributed by atoms with van der Waals surface area (Å²) in [6.45, 7) is 5.12. The molecule has 1 aromatic carbocycles. The van der Waals surface area contributed by atoms with Gasteiger partial charge in [-0.15, -0.1) is 0 Å². The van der Waals surface area contributed by atoms with Crippen molar-refractivity contribution >= 4 is 11.8 Å². The lowest BCUT2D eigenvalue weighted by Crippen LogP contribution is -2.29. The maximum Gasteiger partial charge on any atom is 0.0907 e. The van der Waals surface area contributed by atoms with Gasteiger partial charge in [-0.05, 0) is 42.9 Å². The summed E-state index contributed by atoms with van der Waals surface area (Å²) in [6.07, 6.45) is 15.5. The van der Waals surface area contributed by atoms with Crippen LogP contribution in [-0.2, 0) is 4.74 Å². The van der Waals surface area contributed by atoms with E-state index in [1.54, 1.807) is 0 Å². The van der Waals surface area contributed by atoms with E-state index in [9.17, 15) is 0 Å². The van der Waals surface area contributed by atoms with E-state index in [1.807, 2.05) is 6.26 Å². The molecule has 1 saturated carbocycles. The molecule has 0 bridgehead atoms. The molecule has 1 aliphatic rings. The topological polar surface area (TPSA) is 9.23 Å². The molecule has 0 saturated heterocycles. The van der Waals surface area contributed by atoms with Crippen LogP contribution in [0.25, 0.3) is 11.8 Å². The molecule has 1 nitrogen and oxygen atoms in total. The molecule has 0 N–H and O–H groups in total. The molecule has 0 aliphatic heterocycles. The molecule has 23 heavy (non-hydrogen) atoms. The first-order chi connectivity index (χ1) is 10.9. The zero-order valence-corrected chi connectivity index (χ0v) is 14.2. The van der Waals surface area contributed by atoms with Gasteiger partial charge in [-0.3, -0.25) is 0 Å². The molecule has 1 aromatic rings. The Labute approximate surface area is 142 Å². The van der Waals surface area contributed by atoms with Crippen LogP contribution in [0.5, 0.6) is 0 Å². The first kappa shape index (κ1) is 19.5. The molecule has 0 unspecified atom stereocenters. The molecule has 1 heteroatoms. The fourth-order valence-corrected chi connectivity index (χ4v) is 3.28. The van der Waals surface area contributed by atoms with Crippen LogP contribution in [0, 0.1) is 5.92 Å². The molecule has 0 atom stereocenters. The van der Waals surface area contributed by atoms with Gasteiger partial charge in [-0.2, -0.15) is 0 Å². The van der Waals surface area contributed by atoms with E-state index in [2.05, 4.69) is 50.3 Å². The highest BCUT2D eigenvalue weighted by atomic mass is 16.5. The molecule has 1 aliphatic carbocycles. The number of allylic oxidation sites excluding steroid dienone is 2. The number of ether oxygens (including phenoxy) is 1. The third-order valence-corrected chi connectivity index (χ3v) is 4.49. The number of rotatable bonds is 6. The Morgan fingerprint density at radius 3 is 2.61 bits per heavy atom. The monoisotopic (exact) mass is 314 g/mol. The standard InChI is InChI=1S/C21H30O.CH4/c1-3-5-16-22-17-19-14-9-10-15-21(19)20(11-4-2)18-12-7-6-8-13-18;/h4,9-11,14-15,17-18H,3,5-8,12-13,16H2,1-2H3;1H4/b11-4-,19-17+,21-20+;. The van der Waals surface area contributed by atoms with Crippen molar-refractivity contribution in [2.45, 2.75) is 66.2 Å². The van der Waals surface area contributed by atoms with E-state index in [0.717, 1.165) is 13.0 Å². The van der Waals surface area contributed by atoms with Crippen LogP contribution in [-0.4, -0.2) is 6.61 Å². The summed E-state index contributed by atoms with van der Waals surface area (Å²) < 4.78 is 5.75. The van der Waals surface area contributed by atoms with Gasteiger partial charge >= 0.3 is 0 Å². The van der Waals surface area contributed by atoms with Crippen molar-refractivity contribution in [3.8, 4) is 0 Å². The summed E-state index contributed by atoms with van der Waals surface area (Å²) in [4.78, 5) is 0. The predicted molar refractivity (Wildman–Crippen MR) is 103 cm³/mol. The van der Waals surface area contributed by atoms with E-state index in [-0.39, 0.29) is 7.43 Å². The maximum absolute atomic E-state index is 5.75. The zero-order chi connectivity index (χ0) is 15.6. The van der Waals surface area contributed by atoms with Crippen molar-refractivity contribution in [2.75, 3.05) is 6.61 Å². The predicted octanol–water partition coefficient (Wildman–Crippen LogP) is 5.18. The SMILES string of the molecule is C.C\C=C/C(=c1/cccc/c1=C\OCCCC)C1CCCCC1. The molecule has 0 spiro atoms. The van der Waals surface area contributed by atoms with E-state index in [0.29, 0.717) is 5.92 Å². The second kappa shape index (κ2) is 11.1. The van der Waals surface area contributed by atoms with Gasteiger partial charge in [0.05, 0.1) is 12.9 Å². The maximum atomic E-state index is 5.75. The summed E-state index contributed by atoms with van der Waals surface area (Å²) >= 11 is 0. The Bertz CT molecular complexity index is 576. The van der Waals surface area contributed by atoms with Crippen LogP contribution in [0.4, 0.5) is 0 Å². The molecule has 0 radical (unpaired) electrons. The smallest absolute Gasteiger partial charge is 0.0907 e. The van der Waals surface area contributed by atoms with Crippen molar-refractivity contribution in [1.82, 2.24) is 0 Å². The third-order valence-electron chi connectivity index (χ3n) is 4.49. The summed E-state index contributed by atoms with van der Waals surface area (Å²) in [5.41, 5.74) is 1.49. The molecule has 0 amide bonds. The van der Waals surface area contributed by atoms with Gasteiger partial charge in [0, 0.05) is 5.22 Å². The van der Waals surface area contributed by atoms with Gasteiger partial charge in [-0.1, -0.05) is 76.5 Å². The lowest BCUT2D eigenvalue weighted by atomic mass is 9.82. The van der Waals surface area contributed by atoms with Gasteiger partial charge in [0.15, 0.2) is 0 Å². The zero-order valence-electron chi connectivity index (χ0n) is 14.2. The second-order valence-corrected chi connectivity index (χ2v) is 6.22. The summed E-state index contributed by atoms with van der Waals surface area (Å²) in [5.74, 6) is 0.704. The van der Waals surface area contributed by atoms with E-state index in [4.69, 9.17) is 4.74 Å². The normalized spacial score (nSPS) is 17.9. The minimum atomic E-state index is 0. The van der Waals surface area contributed by atoms with Crippen molar-refractivity contribution < 1.29 is 4.74 Å². The second-order valence-electron chi connectivity index (χ2n) is 6.22. The van der Waals surface area contributed by atoms with Gasteiger partial charge in [0.25, 0.3) is 0 Å². The number of hydrogen-bond acceptors (Lipinski definition) is 1. The number of unbranched alkanes of at least 4 members (excludes halogenated alkanes) is 1. The molecule has 0 heterocycles. The van der Waals surface area contributed by atoms with Crippen LogP contribution < -0.4 is 10.4 Å². The van der Waals surface area contributed by atoms with Crippen molar-refractivity contribution in [3.63, 3.8) is 0 Å². The third kappa shape index (κ3) is 5.89. The molecule has 0 aromatic heterocycles. The lowest BCUT2D eigenvalue weighted by molar-refractivity contribution is 0.286. The minimum Gasteiger partial charge on any atom is -0.501 e. The van der Waals surface area contributed by atoms with Crippen molar-refractivity contribution in [2.24, 2.45) is 5.92 Å². The molecule has 128 valence electrons. The largest absolute Gasteiger partial charge is 0.501 e. The van der Waals surface area contributed by atoms with Gasteiger partial charge < -0.3 is 4.74 Å². The van der Waals surface area contributed by atoms with Crippen LogP contribution >= 0.6 is 0 Å². The van der Waals surface area contributed by atoms with Crippen molar-refractivity contribution in [1.29, 1.82) is 0 Å². The molecule has 1 fully saturated rings. The van der Waals surface area contributed by atoms with Crippen LogP contribution in [0.3, 0.4) is 0 Å². The fraction of sp³-hybridized carbons (Fsp3) is 0.545. The van der Waals surface area contributed by atoms with Crippen LogP contribution in [0.2, 0.25) is 0 Å². The van der Waals surface area contributed by atoms with Gasteiger partial charge in [0.1, 0.15) is 0 Å². The molecular formula is C22H34O. The Morgan fingerprint density at radius 1 is 1.17 bits per heavy atom. The van der Waals surface area contributed by atoms with Gasteiger partial charge in [0.2, 0.25) is 0 Å². The highest BCUT2D eigenvalue weighted by molar-refractivity contribution is 5.59. The Morgan fingerprint density at radius 2 is 1.91 bits per heavy atom.